The van der Waals surface area contributed by atoms with E-state index in [-0.39, 0.29) is 24.5 Å². The van der Waals surface area contributed by atoms with Gasteiger partial charge in [-0.25, -0.2) is 8.78 Å². The molecule has 1 aliphatic carbocycles. The Morgan fingerprint density at radius 3 is 2.43 bits per heavy atom. The molecule has 0 bridgehead atoms. The van der Waals surface area contributed by atoms with Crippen molar-refractivity contribution in [2.45, 2.75) is 50.4 Å². The zero-order valence-corrected chi connectivity index (χ0v) is 13.0. The van der Waals surface area contributed by atoms with E-state index >= 15 is 0 Å². The second kappa shape index (κ2) is 5.65. The Labute approximate surface area is 133 Å². The number of carbonyl (C=O) groups is 1. The molecule has 1 heterocycles. The zero-order chi connectivity index (χ0) is 16.7. The summed E-state index contributed by atoms with van der Waals surface area (Å²) in [4.78, 5) is 12.0. The molecule has 1 aliphatic heterocycles. The van der Waals surface area contributed by atoms with Gasteiger partial charge < -0.3 is 14.6 Å². The van der Waals surface area contributed by atoms with Crippen LogP contribution in [-0.2, 0) is 16.1 Å². The van der Waals surface area contributed by atoms with E-state index in [0.29, 0.717) is 24.2 Å². The molecule has 1 aromatic carbocycles. The highest BCUT2D eigenvalue weighted by molar-refractivity contribution is 5.83. The molecule has 0 aromatic heterocycles. The normalized spacial score (nSPS) is 20.1. The predicted octanol–water partition coefficient (Wildman–Crippen LogP) is 3.86. The van der Waals surface area contributed by atoms with Crippen molar-refractivity contribution in [3.05, 3.63) is 23.3 Å². The Kier molecular flexibility index (Phi) is 3.94. The van der Waals surface area contributed by atoms with Gasteiger partial charge in [0, 0.05) is 18.1 Å². The lowest BCUT2D eigenvalue weighted by Crippen LogP contribution is -2.39. The van der Waals surface area contributed by atoms with Crippen LogP contribution in [-0.4, -0.2) is 24.3 Å². The van der Waals surface area contributed by atoms with Gasteiger partial charge in [0.1, 0.15) is 13.2 Å². The van der Waals surface area contributed by atoms with Crippen LogP contribution in [0.4, 0.5) is 8.78 Å². The Hall–Kier alpha value is -1.85. The number of halogens is 2. The highest BCUT2D eigenvalue weighted by Crippen LogP contribution is 2.49. The Morgan fingerprint density at radius 1 is 1.17 bits per heavy atom. The third-order valence-corrected chi connectivity index (χ3v) is 4.78. The van der Waals surface area contributed by atoms with Crippen molar-refractivity contribution in [1.29, 1.82) is 0 Å². The third-order valence-electron chi connectivity index (χ3n) is 4.78. The maximum Gasteiger partial charge on any atom is 0.314 e. The van der Waals surface area contributed by atoms with Crippen molar-refractivity contribution < 1.29 is 28.2 Å². The Morgan fingerprint density at radius 2 is 1.83 bits per heavy atom. The quantitative estimate of drug-likeness (QED) is 0.916. The molecule has 0 spiro atoms. The summed E-state index contributed by atoms with van der Waals surface area (Å²) in [6, 6.07) is 2.56. The second-order valence-corrected chi connectivity index (χ2v) is 6.38. The van der Waals surface area contributed by atoms with Crippen LogP contribution >= 0.6 is 0 Å². The van der Waals surface area contributed by atoms with Crippen molar-refractivity contribution in [3.63, 3.8) is 0 Å². The van der Waals surface area contributed by atoms with Crippen LogP contribution in [0.1, 0.15) is 50.2 Å². The topological polar surface area (TPSA) is 55.8 Å². The molecule has 6 heteroatoms. The number of benzene rings is 1. The first-order valence-electron chi connectivity index (χ1n) is 7.90. The molecule has 2 aliphatic rings. The highest BCUT2D eigenvalue weighted by Gasteiger charge is 2.45. The zero-order valence-electron chi connectivity index (χ0n) is 13.0. The van der Waals surface area contributed by atoms with Crippen molar-refractivity contribution in [2.75, 3.05) is 13.2 Å². The van der Waals surface area contributed by atoms with Crippen LogP contribution in [0.3, 0.4) is 0 Å². The molecule has 23 heavy (non-hydrogen) atoms. The highest BCUT2D eigenvalue weighted by atomic mass is 19.3. The Bertz CT molecular complexity index is 616. The average Bonchev–Trinajstić information content (AvgIpc) is 2.53. The molecule has 0 saturated heterocycles. The van der Waals surface area contributed by atoms with Crippen LogP contribution in [0.2, 0.25) is 0 Å². The summed E-state index contributed by atoms with van der Waals surface area (Å²) in [5, 5.41) is 9.85. The summed E-state index contributed by atoms with van der Waals surface area (Å²) in [6.07, 6.45) is 3.33. The van der Waals surface area contributed by atoms with E-state index in [9.17, 15) is 18.7 Å². The first-order chi connectivity index (χ1) is 10.8. The van der Waals surface area contributed by atoms with Crippen molar-refractivity contribution in [3.8, 4) is 11.5 Å². The van der Waals surface area contributed by atoms with Crippen molar-refractivity contribution in [1.82, 2.24) is 0 Å². The molecule has 0 radical (unpaired) electrons. The molecular weight excluding hydrogens is 306 g/mol. The number of hydrogen-bond donors (Lipinski definition) is 1. The predicted molar refractivity (Wildman–Crippen MR) is 79.4 cm³/mol. The number of hydrogen-bond acceptors (Lipinski definition) is 3. The SMILES string of the molecule is CC(F)(F)c1cc2c(c(C3(C(=O)O)CCCCC3)c1)OCCO2. The summed E-state index contributed by atoms with van der Waals surface area (Å²) in [5.41, 5.74) is -1.08. The second-order valence-electron chi connectivity index (χ2n) is 6.38. The van der Waals surface area contributed by atoms with Gasteiger partial charge in [0.15, 0.2) is 11.5 Å². The molecule has 1 saturated carbocycles. The van der Waals surface area contributed by atoms with Gasteiger partial charge >= 0.3 is 5.97 Å². The Balaban J connectivity index is 2.21. The summed E-state index contributed by atoms with van der Waals surface area (Å²) < 4.78 is 38.8. The van der Waals surface area contributed by atoms with Crippen LogP contribution in [0.5, 0.6) is 11.5 Å². The van der Waals surface area contributed by atoms with Crippen LogP contribution in [0.25, 0.3) is 0 Å². The van der Waals surface area contributed by atoms with Crippen molar-refractivity contribution >= 4 is 5.97 Å². The van der Waals surface area contributed by atoms with Gasteiger partial charge in [-0.2, -0.15) is 0 Å². The molecule has 4 nitrogen and oxygen atoms in total. The summed E-state index contributed by atoms with van der Waals surface area (Å²) in [7, 11) is 0. The number of ether oxygens (including phenoxy) is 2. The van der Waals surface area contributed by atoms with Gasteiger partial charge in [-0.1, -0.05) is 19.3 Å². The van der Waals surface area contributed by atoms with E-state index in [1.807, 2.05) is 0 Å². The van der Waals surface area contributed by atoms with Gasteiger partial charge in [-0.05, 0) is 25.0 Å². The minimum absolute atomic E-state index is 0.219. The standard InChI is InChI=1S/C17H20F2O4/c1-16(18,19)11-9-12(14-13(10-11)22-7-8-23-14)17(15(20)21)5-3-2-4-6-17/h9-10H,2-8H2,1H3,(H,20,21). The van der Waals surface area contributed by atoms with Gasteiger partial charge in [0.05, 0.1) is 5.41 Å². The molecule has 1 fully saturated rings. The van der Waals surface area contributed by atoms with E-state index in [1.54, 1.807) is 0 Å². The van der Waals surface area contributed by atoms with Crippen LogP contribution < -0.4 is 9.47 Å². The lowest BCUT2D eigenvalue weighted by atomic mass is 9.68. The maximum absolute atomic E-state index is 13.9. The number of rotatable bonds is 3. The van der Waals surface area contributed by atoms with E-state index in [0.717, 1.165) is 26.2 Å². The van der Waals surface area contributed by atoms with Gasteiger partial charge in [0.25, 0.3) is 5.92 Å². The lowest BCUT2D eigenvalue weighted by Gasteiger charge is -2.36. The fourth-order valence-electron chi connectivity index (χ4n) is 3.52. The molecule has 0 atom stereocenters. The summed E-state index contributed by atoms with van der Waals surface area (Å²) in [5.74, 6) is -3.52. The smallest absolute Gasteiger partial charge is 0.314 e. The van der Waals surface area contributed by atoms with Gasteiger partial charge in [-0.15, -0.1) is 0 Å². The molecule has 0 unspecified atom stereocenters. The molecule has 1 N–H and O–H groups in total. The third kappa shape index (κ3) is 2.75. The largest absolute Gasteiger partial charge is 0.486 e. The first kappa shape index (κ1) is 16.0. The summed E-state index contributed by atoms with van der Waals surface area (Å²) >= 11 is 0. The van der Waals surface area contributed by atoms with Crippen molar-refractivity contribution in [2.24, 2.45) is 0 Å². The molecule has 1 aromatic rings. The van der Waals surface area contributed by atoms with Gasteiger partial charge in [-0.3, -0.25) is 4.79 Å². The van der Waals surface area contributed by atoms with E-state index < -0.39 is 17.3 Å². The molecule has 126 valence electrons. The molecular formula is C17H20F2O4. The lowest BCUT2D eigenvalue weighted by molar-refractivity contribution is -0.145. The number of alkyl halides is 2. The molecule has 3 rings (SSSR count). The number of carboxylic acids is 1. The molecule has 0 amide bonds. The average molecular weight is 326 g/mol. The number of carboxylic acid groups (broad SMARTS) is 1. The van der Waals surface area contributed by atoms with E-state index in [4.69, 9.17) is 9.47 Å². The summed E-state index contributed by atoms with van der Waals surface area (Å²) in [6.45, 7) is 1.36. The number of aliphatic carboxylic acids is 1. The minimum atomic E-state index is -3.07. The maximum atomic E-state index is 13.9. The first-order valence-corrected chi connectivity index (χ1v) is 7.90. The van der Waals surface area contributed by atoms with Crippen LogP contribution in [0.15, 0.2) is 12.1 Å². The van der Waals surface area contributed by atoms with E-state index in [1.165, 1.54) is 12.1 Å². The minimum Gasteiger partial charge on any atom is -0.486 e. The number of fused-ring (bicyclic) bond motifs is 1. The van der Waals surface area contributed by atoms with Gasteiger partial charge in [0.2, 0.25) is 0 Å². The fourth-order valence-corrected chi connectivity index (χ4v) is 3.52. The van der Waals surface area contributed by atoms with Crippen LogP contribution in [0, 0.1) is 0 Å². The van der Waals surface area contributed by atoms with E-state index in [2.05, 4.69) is 0 Å². The monoisotopic (exact) mass is 326 g/mol. The fraction of sp³-hybridized carbons (Fsp3) is 0.588.